The molecule has 0 N–H and O–H groups in total. The fourth-order valence-electron chi connectivity index (χ4n) is 1.79. The molecule has 0 bridgehead atoms. The van der Waals surface area contributed by atoms with Crippen molar-refractivity contribution in [3.05, 3.63) is 24.4 Å². The van der Waals surface area contributed by atoms with E-state index in [1.54, 1.807) is 18.1 Å². The molecule has 0 spiro atoms. The number of ether oxygens (including phenoxy) is 3. The predicted octanol–water partition coefficient (Wildman–Crippen LogP) is 1.36. The van der Waals surface area contributed by atoms with Crippen molar-refractivity contribution >= 4 is 5.91 Å². The summed E-state index contributed by atoms with van der Waals surface area (Å²) >= 11 is 0. The Hall–Kier alpha value is -1.17. The highest BCUT2D eigenvalue weighted by Crippen LogP contribution is 2.17. The second-order valence-corrected chi connectivity index (χ2v) is 4.59. The fraction of sp³-hybridized carbons (Fsp3) is 0.643. The Kier molecular flexibility index (Phi) is 6.77. The predicted molar refractivity (Wildman–Crippen MR) is 72.7 cm³/mol. The van der Waals surface area contributed by atoms with Crippen molar-refractivity contribution < 1.29 is 19.0 Å². The van der Waals surface area contributed by atoms with Crippen molar-refractivity contribution in [2.45, 2.75) is 26.0 Å². The fourth-order valence-corrected chi connectivity index (χ4v) is 1.79. The van der Waals surface area contributed by atoms with E-state index >= 15 is 0 Å². The minimum atomic E-state index is -0.0369. The van der Waals surface area contributed by atoms with Crippen molar-refractivity contribution in [3.8, 4) is 0 Å². The van der Waals surface area contributed by atoms with E-state index in [-0.39, 0.29) is 18.1 Å². The average Bonchev–Trinajstić information content (AvgIpc) is 2.71. The minimum Gasteiger partial charge on any atom is -0.382 e. The van der Waals surface area contributed by atoms with Crippen LogP contribution in [0.5, 0.6) is 0 Å². The van der Waals surface area contributed by atoms with Gasteiger partial charge in [0.1, 0.15) is 0 Å². The average molecular weight is 269 g/mol. The highest BCUT2D eigenvalue weighted by atomic mass is 16.5. The van der Waals surface area contributed by atoms with Crippen LogP contribution in [0, 0.1) is 0 Å². The van der Waals surface area contributed by atoms with E-state index in [1.807, 2.05) is 13.8 Å². The number of rotatable bonds is 9. The van der Waals surface area contributed by atoms with Crippen molar-refractivity contribution in [2.24, 2.45) is 0 Å². The summed E-state index contributed by atoms with van der Waals surface area (Å²) in [4.78, 5) is 13.2. The zero-order valence-corrected chi connectivity index (χ0v) is 11.9. The SMILES string of the molecule is C=C1C=CC(=O)N1C(C)COC(C)COCCOC. The van der Waals surface area contributed by atoms with Gasteiger partial charge < -0.3 is 19.1 Å². The Bertz CT molecular complexity index is 322. The summed E-state index contributed by atoms with van der Waals surface area (Å²) in [5.41, 5.74) is 0.713. The minimum absolute atomic E-state index is 0.0155. The van der Waals surface area contributed by atoms with Gasteiger partial charge in [-0.05, 0) is 19.9 Å². The van der Waals surface area contributed by atoms with Gasteiger partial charge in [0.15, 0.2) is 0 Å². The Morgan fingerprint density at radius 2 is 2.00 bits per heavy atom. The van der Waals surface area contributed by atoms with Crippen molar-refractivity contribution in [2.75, 3.05) is 33.5 Å². The summed E-state index contributed by atoms with van der Waals surface area (Å²) in [6, 6.07) is -0.0311. The molecule has 0 aromatic carbocycles. The zero-order valence-electron chi connectivity index (χ0n) is 11.9. The molecule has 0 fully saturated rings. The van der Waals surface area contributed by atoms with Crippen LogP contribution in [-0.4, -0.2) is 56.5 Å². The molecule has 19 heavy (non-hydrogen) atoms. The quantitative estimate of drug-likeness (QED) is 0.593. The number of nitrogens with zero attached hydrogens (tertiary/aromatic N) is 1. The first-order valence-corrected chi connectivity index (χ1v) is 6.44. The van der Waals surface area contributed by atoms with E-state index in [0.717, 1.165) is 0 Å². The zero-order chi connectivity index (χ0) is 14.3. The lowest BCUT2D eigenvalue weighted by Crippen LogP contribution is -2.37. The molecule has 0 aromatic heterocycles. The molecular formula is C14H23NO4. The molecule has 2 atom stereocenters. The molecule has 1 amide bonds. The van der Waals surface area contributed by atoms with Crippen LogP contribution in [-0.2, 0) is 19.0 Å². The molecule has 0 saturated heterocycles. The number of carbonyl (C=O) groups is 1. The normalized spacial score (nSPS) is 18.2. The third-order valence-electron chi connectivity index (χ3n) is 2.81. The van der Waals surface area contributed by atoms with Crippen LogP contribution in [0.25, 0.3) is 0 Å². The highest BCUT2D eigenvalue weighted by Gasteiger charge is 2.24. The Balaban J connectivity index is 2.21. The molecule has 0 aliphatic carbocycles. The lowest BCUT2D eigenvalue weighted by Gasteiger charge is -2.26. The maximum absolute atomic E-state index is 11.6. The van der Waals surface area contributed by atoms with E-state index in [9.17, 15) is 4.79 Å². The molecule has 5 heteroatoms. The summed E-state index contributed by atoms with van der Waals surface area (Å²) < 4.78 is 15.9. The standard InChI is InChI=1S/C14H23NO4/c1-11-5-6-14(16)15(11)12(2)9-19-13(3)10-18-8-7-17-4/h5-6,12-13H,1,7-10H2,2-4H3. The first-order valence-electron chi connectivity index (χ1n) is 6.44. The van der Waals surface area contributed by atoms with E-state index in [4.69, 9.17) is 14.2 Å². The van der Waals surface area contributed by atoms with Crippen LogP contribution in [0.3, 0.4) is 0 Å². The topological polar surface area (TPSA) is 48.0 Å². The summed E-state index contributed by atoms with van der Waals surface area (Å²) in [6.07, 6.45) is 3.23. The largest absolute Gasteiger partial charge is 0.382 e. The van der Waals surface area contributed by atoms with Crippen molar-refractivity contribution in [3.63, 3.8) is 0 Å². The molecule has 5 nitrogen and oxygen atoms in total. The van der Waals surface area contributed by atoms with Crippen LogP contribution in [0.1, 0.15) is 13.8 Å². The first kappa shape index (κ1) is 15.9. The molecule has 0 radical (unpaired) electrons. The maximum Gasteiger partial charge on any atom is 0.251 e. The Morgan fingerprint density at radius 3 is 2.58 bits per heavy atom. The Labute approximate surface area is 114 Å². The molecule has 1 heterocycles. The third-order valence-corrected chi connectivity index (χ3v) is 2.81. The summed E-state index contributed by atoms with van der Waals surface area (Å²) in [7, 11) is 1.64. The maximum atomic E-state index is 11.6. The van der Waals surface area contributed by atoms with Gasteiger partial charge in [-0.1, -0.05) is 6.58 Å². The van der Waals surface area contributed by atoms with Gasteiger partial charge in [0, 0.05) is 18.9 Å². The lowest BCUT2D eigenvalue weighted by molar-refractivity contribution is -0.126. The van der Waals surface area contributed by atoms with Gasteiger partial charge >= 0.3 is 0 Å². The number of hydrogen-bond acceptors (Lipinski definition) is 4. The molecule has 1 aliphatic rings. The number of hydrogen-bond donors (Lipinski definition) is 0. The second kappa shape index (κ2) is 8.09. The number of amides is 1. The van der Waals surface area contributed by atoms with Crippen molar-refractivity contribution in [1.29, 1.82) is 0 Å². The first-order chi connectivity index (χ1) is 9.06. The van der Waals surface area contributed by atoms with Gasteiger partial charge in [-0.15, -0.1) is 0 Å². The molecule has 108 valence electrons. The smallest absolute Gasteiger partial charge is 0.251 e. The van der Waals surface area contributed by atoms with Gasteiger partial charge in [0.25, 0.3) is 5.91 Å². The van der Waals surface area contributed by atoms with Gasteiger partial charge in [-0.2, -0.15) is 0 Å². The molecule has 2 unspecified atom stereocenters. The third kappa shape index (κ3) is 5.14. The van der Waals surface area contributed by atoms with Gasteiger partial charge in [0.2, 0.25) is 0 Å². The summed E-state index contributed by atoms with van der Waals surface area (Å²) in [5, 5.41) is 0. The van der Waals surface area contributed by atoms with E-state index < -0.39 is 0 Å². The van der Waals surface area contributed by atoms with Crippen LogP contribution >= 0.6 is 0 Å². The van der Waals surface area contributed by atoms with E-state index in [1.165, 1.54) is 6.08 Å². The van der Waals surface area contributed by atoms with Gasteiger partial charge in [-0.25, -0.2) is 0 Å². The summed E-state index contributed by atoms with van der Waals surface area (Å²) in [6.45, 7) is 9.83. The van der Waals surface area contributed by atoms with Crippen molar-refractivity contribution in [1.82, 2.24) is 4.90 Å². The van der Waals surface area contributed by atoms with Crippen LogP contribution in [0.15, 0.2) is 24.4 Å². The van der Waals surface area contributed by atoms with Crippen LogP contribution < -0.4 is 0 Å². The number of carbonyl (C=O) groups excluding carboxylic acids is 1. The van der Waals surface area contributed by atoms with Crippen LogP contribution in [0.2, 0.25) is 0 Å². The van der Waals surface area contributed by atoms with Gasteiger partial charge in [-0.3, -0.25) is 4.79 Å². The molecule has 0 saturated carbocycles. The van der Waals surface area contributed by atoms with Gasteiger partial charge in [0.05, 0.1) is 38.6 Å². The molecule has 1 rings (SSSR count). The van der Waals surface area contributed by atoms with Crippen LogP contribution in [0.4, 0.5) is 0 Å². The lowest BCUT2D eigenvalue weighted by atomic mass is 10.3. The number of methoxy groups -OCH3 is 1. The second-order valence-electron chi connectivity index (χ2n) is 4.59. The molecule has 1 aliphatic heterocycles. The Morgan fingerprint density at radius 1 is 1.26 bits per heavy atom. The molecule has 0 aromatic rings. The highest BCUT2D eigenvalue weighted by molar-refractivity contribution is 5.93. The molecular weight excluding hydrogens is 246 g/mol. The number of allylic oxidation sites excluding steroid dienone is 1. The monoisotopic (exact) mass is 269 g/mol. The van der Waals surface area contributed by atoms with E-state index in [0.29, 0.717) is 32.1 Å². The van der Waals surface area contributed by atoms with E-state index in [2.05, 4.69) is 6.58 Å². The summed E-state index contributed by atoms with van der Waals surface area (Å²) in [5.74, 6) is -0.0369.